The summed E-state index contributed by atoms with van der Waals surface area (Å²) in [6.07, 6.45) is 0. The molecular formula is C15H20N4O3S3. The van der Waals surface area contributed by atoms with Gasteiger partial charge in [-0.2, -0.15) is 9.40 Å². The van der Waals surface area contributed by atoms with E-state index in [1.165, 1.54) is 15.6 Å². The van der Waals surface area contributed by atoms with E-state index in [0.29, 0.717) is 43.5 Å². The summed E-state index contributed by atoms with van der Waals surface area (Å²) in [5.41, 5.74) is 0. The molecule has 0 aliphatic carbocycles. The van der Waals surface area contributed by atoms with Crippen LogP contribution in [0.1, 0.15) is 5.01 Å². The number of methoxy groups -OCH3 is 1. The van der Waals surface area contributed by atoms with E-state index < -0.39 is 10.0 Å². The molecule has 136 valence electrons. The summed E-state index contributed by atoms with van der Waals surface area (Å²) >= 11 is 6.77. The van der Waals surface area contributed by atoms with Gasteiger partial charge in [-0.25, -0.2) is 13.1 Å². The molecule has 1 aliphatic rings. The van der Waals surface area contributed by atoms with Crippen molar-refractivity contribution >= 4 is 33.6 Å². The lowest BCUT2D eigenvalue weighted by Gasteiger charge is -2.33. The fraction of sp³-hybridized carbons (Fsp3) is 0.467. The first-order valence-electron chi connectivity index (χ1n) is 7.81. The van der Waals surface area contributed by atoms with E-state index in [1.54, 1.807) is 36.1 Å². The molecule has 1 saturated heterocycles. The lowest BCUT2D eigenvalue weighted by Crippen LogP contribution is -2.48. The Bertz CT molecular complexity index is 881. The average molecular weight is 401 g/mol. The standard InChI is InChI=1S/C15H20N4O3S3/c1-12-16-19(15(23)24-12)11-17-7-9-18(10-8-17)25(20,21)14-5-3-13(22-2)4-6-14/h3-6H,7-11H2,1-2H3. The van der Waals surface area contributed by atoms with E-state index in [9.17, 15) is 8.42 Å². The second-order valence-corrected chi connectivity index (χ2v) is 9.49. The Morgan fingerprint density at radius 2 is 1.84 bits per heavy atom. The first kappa shape index (κ1) is 18.5. The number of benzene rings is 1. The van der Waals surface area contributed by atoms with Crippen LogP contribution in [0.4, 0.5) is 0 Å². The Kier molecular flexibility index (Phi) is 5.54. The summed E-state index contributed by atoms with van der Waals surface area (Å²) in [5.74, 6) is 0.638. The van der Waals surface area contributed by atoms with Crippen LogP contribution in [-0.2, 0) is 16.7 Å². The third kappa shape index (κ3) is 4.09. The highest BCUT2D eigenvalue weighted by Gasteiger charge is 2.28. The first-order chi connectivity index (χ1) is 11.9. The van der Waals surface area contributed by atoms with Crippen molar-refractivity contribution in [2.24, 2.45) is 0 Å². The molecule has 1 fully saturated rings. The highest BCUT2D eigenvalue weighted by atomic mass is 32.2. The van der Waals surface area contributed by atoms with Gasteiger partial charge in [0.15, 0.2) is 3.95 Å². The van der Waals surface area contributed by atoms with Gasteiger partial charge in [0.2, 0.25) is 10.0 Å². The molecule has 1 aromatic carbocycles. The Morgan fingerprint density at radius 1 is 1.20 bits per heavy atom. The summed E-state index contributed by atoms with van der Waals surface area (Å²) in [5, 5.41) is 5.32. The molecule has 0 amide bonds. The van der Waals surface area contributed by atoms with Gasteiger partial charge in [0, 0.05) is 26.2 Å². The third-order valence-corrected chi connectivity index (χ3v) is 7.21. The summed E-state index contributed by atoms with van der Waals surface area (Å²) in [4.78, 5) is 2.45. The van der Waals surface area contributed by atoms with Crippen LogP contribution in [0.2, 0.25) is 0 Å². The fourth-order valence-electron chi connectivity index (χ4n) is 2.70. The lowest BCUT2D eigenvalue weighted by atomic mass is 10.3. The van der Waals surface area contributed by atoms with Gasteiger partial charge in [-0.3, -0.25) is 4.90 Å². The Morgan fingerprint density at radius 3 is 2.36 bits per heavy atom. The number of hydrogen-bond acceptors (Lipinski definition) is 7. The molecular weight excluding hydrogens is 380 g/mol. The van der Waals surface area contributed by atoms with E-state index in [0.717, 1.165) is 8.96 Å². The van der Waals surface area contributed by atoms with Crippen molar-refractivity contribution in [2.75, 3.05) is 33.3 Å². The van der Waals surface area contributed by atoms with Crippen LogP contribution in [0.25, 0.3) is 0 Å². The predicted octanol–water partition coefficient (Wildman–Crippen LogP) is 1.96. The molecule has 0 atom stereocenters. The van der Waals surface area contributed by atoms with Crippen LogP contribution in [0.3, 0.4) is 0 Å². The quantitative estimate of drug-likeness (QED) is 0.715. The van der Waals surface area contributed by atoms with Crippen molar-refractivity contribution in [1.29, 1.82) is 0 Å². The van der Waals surface area contributed by atoms with Crippen LogP contribution in [0, 0.1) is 10.9 Å². The van der Waals surface area contributed by atoms with Gasteiger partial charge in [0.05, 0.1) is 18.7 Å². The molecule has 3 rings (SSSR count). The third-order valence-electron chi connectivity index (χ3n) is 4.07. The highest BCUT2D eigenvalue weighted by Crippen LogP contribution is 2.21. The molecule has 1 aliphatic heterocycles. The predicted molar refractivity (Wildman–Crippen MR) is 99.0 cm³/mol. The molecule has 2 aromatic rings. The second kappa shape index (κ2) is 7.50. The second-order valence-electron chi connectivity index (χ2n) is 5.73. The van der Waals surface area contributed by atoms with Gasteiger partial charge in [-0.1, -0.05) is 11.3 Å². The number of hydrogen-bond donors (Lipinski definition) is 0. The van der Waals surface area contributed by atoms with E-state index in [-0.39, 0.29) is 0 Å². The summed E-state index contributed by atoms with van der Waals surface area (Å²) in [6, 6.07) is 6.49. The van der Waals surface area contributed by atoms with Crippen LogP contribution in [0.5, 0.6) is 5.75 Å². The number of ether oxygens (including phenoxy) is 1. The minimum atomic E-state index is -3.48. The number of aryl methyl sites for hydroxylation is 1. The van der Waals surface area contributed by atoms with Gasteiger partial charge in [-0.05, 0) is 43.4 Å². The molecule has 0 saturated carbocycles. The maximum absolute atomic E-state index is 12.7. The van der Waals surface area contributed by atoms with E-state index in [4.69, 9.17) is 17.0 Å². The largest absolute Gasteiger partial charge is 0.497 e. The SMILES string of the molecule is COc1ccc(S(=O)(=O)N2CCN(Cn3nc(C)sc3=S)CC2)cc1. The van der Waals surface area contributed by atoms with E-state index >= 15 is 0 Å². The molecule has 1 aromatic heterocycles. The van der Waals surface area contributed by atoms with Crippen LogP contribution in [-0.4, -0.2) is 60.7 Å². The van der Waals surface area contributed by atoms with Crippen molar-refractivity contribution in [1.82, 2.24) is 19.0 Å². The Balaban J connectivity index is 1.64. The Hall–Kier alpha value is -1.33. The maximum Gasteiger partial charge on any atom is 0.243 e. The minimum absolute atomic E-state index is 0.291. The first-order valence-corrected chi connectivity index (χ1v) is 10.5. The summed E-state index contributed by atoms with van der Waals surface area (Å²) in [6.45, 7) is 4.72. The van der Waals surface area contributed by atoms with E-state index in [2.05, 4.69) is 10.00 Å². The molecule has 7 nitrogen and oxygen atoms in total. The topological polar surface area (TPSA) is 67.7 Å². The molecule has 0 unspecified atom stereocenters. The molecule has 0 N–H and O–H groups in total. The zero-order valence-electron chi connectivity index (χ0n) is 14.1. The highest BCUT2D eigenvalue weighted by molar-refractivity contribution is 7.89. The average Bonchev–Trinajstić information content (AvgIpc) is 2.92. The van der Waals surface area contributed by atoms with E-state index in [1.807, 2.05) is 6.92 Å². The van der Waals surface area contributed by atoms with Crippen molar-refractivity contribution in [3.63, 3.8) is 0 Å². The van der Waals surface area contributed by atoms with Crippen molar-refractivity contribution in [2.45, 2.75) is 18.5 Å². The molecule has 25 heavy (non-hydrogen) atoms. The smallest absolute Gasteiger partial charge is 0.243 e. The normalized spacial score (nSPS) is 16.9. The van der Waals surface area contributed by atoms with Gasteiger partial charge in [0.25, 0.3) is 0 Å². The molecule has 10 heteroatoms. The molecule has 2 heterocycles. The Labute approximate surface area is 156 Å². The summed E-state index contributed by atoms with van der Waals surface area (Å²) < 4.78 is 34.6. The molecule has 0 spiro atoms. The van der Waals surface area contributed by atoms with Gasteiger partial charge in [0.1, 0.15) is 10.8 Å². The fourth-order valence-corrected chi connectivity index (χ4v) is 5.18. The molecule has 0 radical (unpaired) electrons. The van der Waals surface area contributed by atoms with Crippen LogP contribution >= 0.6 is 23.6 Å². The zero-order valence-corrected chi connectivity index (χ0v) is 16.5. The monoisotopic (exact) mass is 400 g/mol. The van der Waals surface area contributed by atoms with Gasteiger partial charge in [-0.15, -0.1) is 0 Å². The number of aromatic nitrogens is 2. The van der Waals surface area contributed by atoms with Crippen molar-refractivity contribution < 1.29 is 13.2 Å². The lowest BCUT2D eigenvalue weighted by molar-refractivity contribution is 0.145. The van der Waals surface area contributed by atoms with Gasteiger partial charge < -0.3 is 4.74 Å². The number of rotatable bonds is 5. The summed E-state index contributed by atoms with van der Waals surface area (Å²) in [7, 11) is -1.92. The number of sulfonamides is 1. The van der Waals surface area contributed by atoms with Gasteiger partial charge >= 0.3 is 0 Å². The van der Waals surface area contributed by atoms with Crippen LogP contribution in [0.15, 0.2) is 29.2 Å². The minimum Gasteiger partial charge on any atom is -0.497 e. The maximum atomic E-state index is 12.7. The molecule has 0 bridgehead atoms. The number of nitrogens with zero attached hydrogens (tertiary/aromatic N) is 4. The van der Waals surface area contributed by atoms with Crippen molar-refractivity contribution in [3.05, 3.63) is 33.2 Å². The van der Waals surface area contributed by atoms with Crippen molar-refractivity contribution in [3.8, 4) is 5.75 Å². The number of piperazine rings is 1. The zero-order chi connectivity index (χ0) is 18.0. The van der Waals surface area contributed by atoms with Crippen LogP contribution < -0.4 is 4.74 Å².